The number of carbonyl (C=O) groups is 1. The van der Waals surface area contributed by atoms with Gasteiger partial charge in [-0.1, -0.05) is 42.5 Å². The number of hydrogen-bond donors (Lipinski definition) is 2. The Balaban J connectivity index is 1.74. The van der Waals surface area contributed by atoms with Crippen LogP contribution in [0.15, 0.2) is 48.5 Å². The van der Waals surface area contributed by atoms with Crippen molar-refractivity contribution in [3.05, 3.63) is 59.7 Å². The van der Waals surface area contributed by atoms with Crippen LogP contribution in [0, 0.1) is 0 Å². The minimum absolute atomic E-state index is 0.0790. The van der Waals surface area contributed by atoms with E-state index in [0.717, 1.165) is 17.7 Å². The molecular formula is C23H27F3N4O2S. The molecule has 2 aromatic rings. The number of benzene rings is 2. The molecule has 1 saturated heterocycles. The predicted octanol–water partition coefficient (Wildman–Crippen LogP) is 5.52. The number of rotatable bonds is 8. The fourth-order valence-electron chi connectivity index (χ4n) is 3.64. The molecule has 0 atom stereocenters. The lowest BCUT2D eigenvalue weighted by Crippen LogP contribution is -2.48. The Hall–Kier alpha value is -3.01. The standard InChI is InChI=1S/C23H27F3N4O2S/c1-2-32-22(31)29-12-10-19(11-13-29)30(16-33)28-21-14-18(23(24,25)26)8-9-20(21)27-15-17-6-4-3-5-7-17/h3-9,14,16,19,27-28H,2,10-13,15H2,1H3. The Morgan fingerprint density at radius 2 is 1.88 bits per heavy atom. The number of nitrogens with zero attached hydrogens (tertiary/aromatic N) is 2. The van der Waals surface area contributed by atoms with Crippen LogP contribution in [-0.2, 0) is 17.5 Å². The first-order chi connectivity index (χ1) is 15.8. The summed E-state index contributed by atoms with van der Waals surface area (Å²) >= 11 is 5.16. The van der Waals surface area contributed by atoms with Crippen LogP contribution in [0.4, 0.5) is 29.3 Å². The van der Waals surface area contributed by atoms with Crippen molar-refractivity contribution in [1.29, 1.82) is 0 Å². The van der Waals surface area contributed by atoms with E-state index in [1.54, 1.807) is 16.8 Å². The molecule has 178 valence electrons. The molecule has 1 aliphatic rings. The highest BCUT2D eigenvalue weighted by Crippen LogP contribution is 2.35. The maximum atomic E-state index is 13.4. The van der Waals surface area contributed by atoms with Gasteiger partial charge in [0.2, 0.25) is 0 Å². The summed E-state index contributed by atoms with van der Waals surface area (Å²) in [5.74, 6) is 0. The molecule has 0 bridgehead atoms. The molecule has 1 aliphatic heterocycles. The summed E-state index contributed by atoms with van der Waals surface area (Å²) in [6.45, 7) is 3.47. The van der Waals surface area contributed by atoms with Gasteiger partial charge in [0, 0.05) is 19.6 Å². The molecule has 0 saturated carbocycles. The molecule has 0 spiro atoms. The zero-order valence-electron chi connectivity index (χ0n) is 18.3. The second kappa shape index (κ2) is 11.2. The molecule has 0 aliphatic carbocycles. The number of hydrogen-bond acceptors (Lipinski definition) is 5. The van der Waals surface area contributed by atoms with Gasteiger partial charge in [0.25, 0.3) is 0 Å². The van der Waals surface area contributed by atoms with Crippen molar-refractivity contribution in [3.8, 4) is 0 Å². The molecule has 33 heavy (non-hydrogen) atoms. The minimum Gasteiger partial charge on any atom is -0.450 e. The topological polar surface area (TPSA) is 56.8 Å². The van der Waals surface area contributed by atoms with Crippen LogP contribution in [0.25, 0.3) is 0 Å². The molecule has 6 nitrogen and oxygen atoms in total. The van der Waals surface area contributed by atoms with Gasteiger partial charge in [-0.05, 0) is 43.5 Å². The van der Waals surface area contributed by atoms with E-state index in [1.165, 1.54) is 11.6 Å². The number of piperidine rings is 1. The molecule has 0 unspecified atom stereocenters. The first-order valence-corrected chi connectivity index (χ1v) is 11.2. The van der Waals surface area contributed by atoms with Crippen molar-refractivity contribution in [2.45, 2.75) is 38.5 Å². The van der Waals surface area contributed by atoms with Gasteiger partial charge >= 0.3 is 12.3 Å². The van der Waals surface area contributed by atoms with Gasteiger partial charge in [-0.15, -0.1) is 0 Å². The second-order valence-electron chi connectivity index (χ2n) is 7.64. The summed E-state index contributed by atoms with van der Waals surface area (Å²) < 4.78 is 45.1. The lowest BCUT2D eigenvalue weighted by molar-refractivity contribution is -0.137. The van der Waals surface area contributed by atoms with Crippen molar-refractivity contribution in [3.63, 3.8) is 0 Å². The molecule has 2 N–H and O–H groups in total. The number of hydrazine groups is 1. The Morgan fingerprint density at radius 1 is 1.18 bits per heavy atom. The number of nitrogens with one attached hydrogen (secondary N) is 2. The Bertz CT molecular complexity index is 935. The van der Waals surface area contributed by atoms with E-state index in [9.17, 15) is 18.0 Å². The number of likely N-dealkylation sites (tertiary alicyclic amines) is 1. The lowest BCUT2D eigenvalue weighted by atomic mass is 10.1. The number of amides is 1. The summed E-state index contributed by atoms with van der Waals surface area (Å²) in [5, 5.41) is 4.84. The van der Waals surface area contributed by atoms with Gasteiger partial charge in [-0.25, -0.2) is 4.79 Å². The van der Waals surface area contributed by atoms with E-state index in [0.29, 0.717) is 44.8 Å². The SMILES string of the molecule is CCOC(=O)N1CCC(N(C=S)Nc2cc(C(F)(F)F)ccc2NCc2ccccc2)CC1. The summed E-state index contributed by atoms with van der Waals surface area (Å²) in [5.41, 5.74) is 5.50. The first kappa shape index (κ1) is 24.6. The largest absolute Gasteiger partial charge is 0.450 e. The molecule has 1 amide bonds. The third kappa shape index (κ3) is 6.74. The predicted molar refractivity (Wildman–Crippen MR) is 126 cm³/mol. The van der Waals surface area contributed by atoms with Crippen molar-refractivity contribution < 1.29 is 22.7 Å². The molecule has 2 aromatic carbocycles. The normalized spacial score (nSPS) is 14.5. The molecule has 1 heterocycles. The minimum atomic E-state index is -4.47. The quantitative estimate of drug-likeness (QED) is 0.383. The maximum Gasteiger partial charge on any atom is 0.416 e. The van der Waals surface area contributed by atoms with Gasteiger partial charge in [0.05, 0.1) is 35.1 Å². The third-order valence-corrected chi connectivity index (χ3v) is 5.65. The van der Waals surface area contributed by atoms with Crippen molar-refractivity contribution in [2.75, 3.05) is 30.4 Å². The van der Waals surface area contributed by atoms with E-state index < -0.39 is 11.7 Å². The smallest absolute Gasteiger partial charge is 0.416 e. The monoisotopic (exact) mass is 480 g/mol. The summed E-state index contributed by atoms with van der Waals surface area (Å²) in [7, 11) is 0. The fourth-order valence-corrected chi connectivity index (χ4v) is 3.87. The van der Waals surface area contributed by atoms with E-state index in [4.69, 9.17) is 17.0 Å². The summed E-state index contributed by atoms with van der Waals surface area (Å²) in [6.07, 6.45) is -3.62. The third-order valence-electron chi connectivity index (χ3n) is 5.42. The number of carbonyl (C=O) groups excluding carboxylic acids is 1. The number of halogens is 3. The van der Waals surface area contributed by atoms with Gasteiger partial charge in [0.1, 0.15) is 0 Å². The number of alkyl halides is 3. The van der Waals surface area contributed by atoms with Crippen LogP contribution < -0.4 is 10.7 Å². The lowest BCUT2D eigenvalue weighted by Gasteiger charge is -2.37. The van der Waals surface area contributed by atoms with Crippen LogP contribution >= 0.6 is 12.2 Å². The van der Waals surface area contributed by atoms with Gasteiger partial charge in [-0.2, -0.15) is 13.2 Å². The van der Waals surface area contributed by atoms with E-state index >= 15 is 0 Å². The van der Waals surface area contributed by atoms with E-state index in [-0.39, 0.29) is 17.8 Å². The van der Waals surface area contributed by atoms with Gasteiger partial charge < -0.3 is 15.0 Å². The highest BCUT2D eigenvalue weighted by atomic mass is 32.1. The van der Waals surface area contributed by atoms with Crippen LogP contribution in [-0.4, -0.2) is 47.2 Å². The number of ether oxygens (including phenoxy) is 1. The van der Waals surface area contributed by atoms with Crippen molar-refractivity contribution >= 4 is 35.2 Å². The molecular weight excluding hydrogens is 453 g/mol. The highest BCUT2D eigenvalue weighted by molar-refractivity contribution is 7.78. The zero-order valence-corrected chi connectivity index (χ0v) is 19.1. The van der Waals surface area contributed by atoms with Crippen LogP contribution in [0.3, 0.4) is 0 Å². The number of anilines is 2. The van der Waals surface area contributed by atoms with Crippen LogP contribution in [0.1, 0.15) is 30.9 Å². The molecule has 0 radical (unpaired) electrons. The molecule has 10 heteroatoms. The molecule has 0 aromatic heterocycles. The van der Waals surface area contributed by atoms with Crippen LogP contribution in [0.5, 0.6) is 0 Å². The van der Waals surface area contributed by atoms with E-state index in [2.05, 4.69) is 10.7 Å². The van der Waals surface area contributed by atoms with Crippen molar-refractivity contribution in [1.82, 2.24) is 9.91 Å². The molecule has 1 fully saturated rings. The average Bonchev–Trinajstić information content (AvgIpc) is 2.82. The van der Waals surface area contributed by atoms with Crippen molar-refractivity contribution in [2.24, 2.45) is 0 Å². The van der Waals surface area contributed by atoms with E-state index in [1.807, 2.05) is 30.3 Å². The Kier molecular flexibility index (Phi) is 8.37. The average molecular weight is 481 g/mol. The Labute approximate surface area is 196 Å². The van der Waals surface area contributed by atoms with Gasteiger partial charge in [0.15, 0.2) is 0 Å². The van der Waals surface area contributed by atoms with Crippen LogP contribution in [0.2, 0.25) is 0 Å². The highest BCUT2D eigenvalue weighted by Gasteiger charge is 2.32. The fraction of sp³-hybridized carbons (Fsp3) is 0.391. The zero-order chi connectivity index (χ0) is 23.8. The summed E-state index contributed by atoms with van der Waals surface area (Å²) in [4.78, 5) is 13.6. The molecule has 3 rings (SSSR count). The number of thiocarbonyl (C=S) groups is 1. The summed E-state index contributed by atoms with van der Waals surface area (Å²) in [6, 6.07) is 13.0. The first-order valence-electron chi connectivity index (χ1n) is 10.7. The Morgan fingerprint density at radius 3 is 2.48 bits per heavy atom. The van der Waals surface area contributed by atoms with Gasteiger partial charge in [-0.3, -0.25) is 10.4 Å². The second-order valence-corrected chi connectivity index (χ2v) is 7.85. The maximum absolute atomic E-state index is 13.4.